The van der Waals surface area contributed by atoms with E-state index in [2.05, 4.69) is 0 Å². The topological polar surface area (TPSA) is 20.2 Å². The molecular weight excluding hydrogens is 124 g/mol. The molecule has 2 heteroatoms. The Hall–Kier alpha value is 0.250. The van der Waals surface area contributed by atoms with Gasteiger partial charge >= 0.3 is 0 Å². The lowest BCUT2D eigenvalue weighted by Crippen LogP contribution is -2.32. The van der Waals surface area contributed by atoms with Crippen molar-refractivity contribution in [2.45, 2.75) is 26.4 Å². The summed E-state index contributed by atoms with van der Waals surface area (Å²) in [6.45, 7) is 5.63. The summed E-state index contributed by atoms with van der Waals surface area (Å²) in [4.78, 5) is 0. The fourth-order valence-electron chi connectivity index (χ4n) is 0.154. The van der Waals surface area contributed by atoms with Crippen LogP contribution in [0.3, 0.4) is 0 Å². The van der Waals surface area contributed by atoms with Crippen LogP contribution in [0.4, 0.5) is 0 Å². The summed E-state index contributed by atoms with van der Waals surface area (Å²) in [5.41, 5.74) is -0.693. The van der Waals surface area contributed by atoms with Crippen molar-refractivity contribution in [3.63, 3.8) is 0 Å². The van der Waals surface area contributed by atoms with E-state index in [9.17, 15) is 5.11 Å². The van der Waals surface area contributed by atoms with Crippen LogP contribution in [0.2, 0.25) is 0 Å². The molecule has 0 heterocycles. The monoisotopic (exact) mass is 136 g/mol. The van der Waals surface area contributed by atoms with E-state index >= 15 is 0 Å². The van der Waals surface area contributed by atoms with Gasteiger partial charge in [0.2, 0.25) is 0 Å². The lowest BCUT2D eigenvalue weighted by molar-refractivity contribution is 0.0362. The molecule has 8 heavy (non-hydrogen) atoms. The van der Waals surface area contributed by atoms with Gasteiger partial charge in [-0.1, -0.05) is 13.8 Å². The Labute approximate surface area is 55.7 Å². The molecule has 0 saturated carbocycles. The molecule has 1 atom stereocenters. The van der Waals surface area contributed by atoms with Crippen molar-refractivity contribution in [3.05, 3.63) is 0 Å². The number of halogens is 1. The Kier molecular flexibility index (Phi) is 2.78. The molecule has 0 unspecified atom stereocenters. The standard InChI is InChI=1S/C6H13ClO/c1-5(2)6(3,8)4-7/h5,8H,4H2,1-3H3/t6-/m0/s1. The minimum absolute atomic E-state index is 0.236. The average Bonchev–Trinajstić information content (AvgIpc) is 1.67. The first-order chi connectivity index (χ1) is 3.50. The first kappa shape index (κ1) is 8.25. The molecule has 1 nitrogen and oxygen atoms in total. The fraction of sp³-hybridized carbons (Fsp3) is 1.00. The number of hydrogen-bond donors (Lipinski definition) is 1. The third-order valence-electron chi connectivity index (χ3n) is 1.51. The minimum atomic E-state index is -0.693. The number of rotatable bonds is 2. The minimum Gasteiger partial charge on any atom is -0.389 e. The van der Waals surface area contributed by atoms with E-state index in [4.69, 9.17) is 11.6 Å². The molecule has 50 valence electrons. The smallest absolute Gasteiger partial charge is 0.0777 e. The second-order valence-corrected chi connectivity index (χ2v) is 2.91. The first-order valence-electron chi connectivity index (χ1n) is 2.79. The van der Waals surface area contributed by atoms with Crippen molar-refractivity contribution in [2.24, 2.45) is 5.92 Å². The maximum absolute atomic E-state index is 9.27. The molecule has 0 amide bonds. The highest BCUT2D eigenvalue weighted by atomic mass is 35.5. The Bertz CT molecular complexity index is 68.9. The molecule has 1 N–H and O–H groups in total. The average molecular weight is 137 g/mol. The molecule has 0 aromatic heterocycles. The van der Waals surface area contributed by atoms with Crippen LogP contribution in [0.25, 0.3) is 0 Å². The Morgan fingerprint density at radius 3 is 2.00 bits per heavy atom. The van der Waals surface area contributed by atoms with Crippen LogP contribution in [-0.2, 0) is 0 Å². The van der Waals surface area contributed by atoms with Crippen molar-refractivity contribution in [3.8, 4) is 0 Å². The highest BCUT2D eigenvalue weighted by molar-refractivity contribution is 6.18. The van der Waals surface area contributed by atoms with Crippen molar-refractivity contribution >= 4 is 11.6 Å². The quantitative estimate of drug-likeness (QED) is 0.573. The fourth-order valence-corrected chi connectivity index (χ4v) is 0.463. The summed E-state index contributed by atoms with van der Waals surface area (Å²) in [6, 6.07) is 0. The van der Waals surface area contributed by atoms with Crippen molar-refractivity contribution < 1.29 is 5.11 Å². The summed E-state index contributed by atoms with van der Waals surface area (Å²) < 4.78 is 0. The lowest BCUT2D eigenvalue weighted by atomic mass is 9.95. The molecule has 0 fully saturated rings. The van der Waals surface area contributed by atoms with Gasteiger partial charge in [0.25, 0.3) is 0 Å². The van der Waals surface area contributed by atoms with Crippen LogP contribution in [0.5, 0.6) is 0 Å². The molecule has 0 aliphatic rings. The molecular formula is C6H13ClO. The lowest BCUT2D eigenvalue weighted by Gasteiger charge is -2.24. The van der Waals surface area contributed by atoms with Gasteiger partial charge in [0.15, 0.2) is 0 Å². The Morgan fingerprint density at radius 2 is 2.00 bits per heavy atom. The van der Waals surface area contributed by atoms with Gasteiger partial charge in [0, 0.05) is 0 Å². The number of alkyl halides is 1. The van der Waals surface area contributed by atoms with Crippen molar-refractivity contribution in [1.29, 1.82) is 0 Å². The summed E-state index contributed by atoms with van der Waals surface area (Å²) >= 11 is 5.44. The van der Waals surface area contributed by atoms with Crippen LogP contribution >= 0.6 is 11.6 Å². The van der Waals surface area contributed by atoms with E-state index < -0.39 is 5.60 Å². The van der Waals surface area contributed by atoms with Crippen molar-refractivity contribution in [2.75, 3.05) is 5.88 Å². The van der Waals surface area contributed by atoms with Gasteiger partial charge in [-0.05, 0) is 12.8 Å². The molecule has 0 bridgehead atoms. The van der Waals surface area contributed by atoms with Gasteiger partial charge in [-0.2, -0.15) is 0 Å². The third kappa shape index (κ3) is 2.01. The molecule has 0 aliphatic heterocycles. The van der Waals surface area contributed by atoms with Gasteiger partial charge in [-0.25, -0.2) is 0 Å². The first-order valence-corrected chi connectivity index (χ1v) is 3.32. The Morgan fingerprint density at radius 1 is 1.62 bits per heavy atom. The van der Waals surface area contributed by atoms with E-state index in [1.165, 1.54) is 0 Å². The van der Waals surface area contributed by atoms with Gasteiger partial charge in [0.1, 0.15) is 0 Å². The SMILES string of the molecule is CC(C)[C@@](C)(O)CCl. The van der Waals surface area contributed by atoms with E-state index in [1.807, 2.05) is 13.8 Å². The van der Waals surface area contributed by atoms with Gasteiger partial charge in [-0.15, -0.1) is 11.6 Å². The molecule has 0 aromatic carbocycles. The third-order valence-corrected chi connectivity index (χ3v) is 2.06. The van der Waals surface area contributed by atoms with E-state index in [-0.39, 0.29) is 5.92 Å². The molecule has 0 saturated heterocycles. The zero-order valence-corrected chi connectivity index (χ0v) is 6.37. The van der Waals surface area contributed by atoms with Crippen LogP contribution in [0.15, 0.2) is 0 Å². The molecule has 0 rings (SSSR count). The zero-order chi connectivity index (χ0) is 6.78. The largest absolute Gasteiger partial charge is 0.389 e. The van der Waals surface area contributed by atoms with Crippen LogP contribution in [-0.4, -0.2) is 16.6 Å². The van der Waals surface area contributed by atoms with Gasteiger partial charge in [-0.3, -0.25) is 0 Å². The van der Waals surface area contributed by atoms with Gasteiger partial charge < -0.3 is 5.11 Å². The van der Waals surface area contributed by atoms with E-state index in [0.717, 1.165) is 0 Å². The normalized spacial score (nSPS) is 18.8. The predicted molar refractivity (Wildman–Crippen MR) is 36.2 cm³/mol. The summed E-state index contributed by atoms with van der Waals surface area (Å²) in [5, 5.41) is 9.27. The molecule has 0 spiro atoms. The van der Waals surface area contributed by atoms with E-state index in [0.29, 0.717) is 5.88 Å². The van der Waals surface area contributed by atoms with Crippen LogP contribution in [0.1, 0.15) is 20.8 Å². The maximum Gasteiger partial charge on any atom is 0.0777 e. The highest BCUT2D eigenvalue weighted by Crippen LogP contribution is 2.16. The summed E-state index contributed by atoms with van der Waals surface area (Å²) in [5.74, 6) is 0.546. The van der Waals surface area contributed by atoms with Gasteiger partial charge in [0.05, 0.1) is 11.5 Å². The number of aliphatic hydroxyl groups is 1. The summed E-state index contributed by atoms with van der Waals surface area (Å²) in [7, 11) is 0. The zero-order valence-electron chi connectivity index (χ0n) is 5.61. The van der Waals surface area contributed by atoms with Crippen LogP contribution < -0.4 is 0 Å². The highest BCUT2D eigenvalue weighted by Gasteiger charge is 2.22. The van der Waals surface area contributed by atoms with Crippen molar-refractivity contribution in [1.82, 2.24) is 0 Å². The molecule has 0 aliphatic carbocycles. The Balaban J connectivity index is 3.71. The molecule has 0 aromatic rings. The maximum atomic E-state index is 9.27. The second kappa shape index (κ2) is 2.70. The number of hydrogen-bond acceptors (Lipinski definition) is 1. The molecule has 0 radical (unpaired) electrons. The van der Waals surface area contributed by atoms with Crippen LogP contribution in [0, 0.1) is 5.92 Å². The predicted octanol–water partition coefficient (Wildman–Crippen LogP) is 1.63. The van der Waals surface area contributed by atoms with E-state index in [1.54, 1.807) is 6.92 Å². The second-order valence-electron chi connectivity index (χ2n) is 2.65. The summed E-state index contributed by atoms with van der Waals surface area (Å²) in [6.07, 6.45) is 0.